The topological polar surface area (TPSA) is 121 Å². The van der Waals surface area contributed by atoms with Gasteiger partial charge in [-0.2, -0.15) is 13.2 Å². The molecule has 1 aromatic carbocycles. The molecule has 0 radical (unpaired) electrons. The van der Waals surface area contributed by atoms with Crippen LogP contribution in [0.25, 0.3) is 0 Å². The molecule has 176 valence electrons. The first kappa shape index (κ1) is 22.6. The Kier molecular flexibility index (Phi) is 5.56. The quantitative estimate of drug-likeness (QED) is 0.638. The zero-order chi connectivity index (χ0) is 23.9. The molecule has 0 aliphatic carbocycles. The summed E-state index contributed by atoms with van der Waals surface area (Å²) >= 11 is 0. The number of nitrogens with one attached hydrogen (secondary N) is 1. The van der Waals surface area contributed by atoms with Crippen molar-refractivity contribution in [2.75, 3.05) is 31.7 Å². The summed E-state index contributed by atoms with van der Waals surface area (Å²) in [6.45, 7) is -2.69. The third-order valence-corrected chi connectivity index (χ3v) is 5.03. The number of fused-ring (bicyclic) bond motifs is 1. The summed E-state index contributed by atoms with van der Waals surface area (Å²) in [4.78, 5) is 23.5. The number of amidine groups is 1. The van der Waals surface area contributed by atoms with Crippen LogP contribution < -0.4 is 15.8 Å². The maximum Gasteiger partial charge on any atom is 0.422 e. The van der Waals surface area contributed by atoms with Crippen molar-refractivity contribution in [3.05, 3.63) is 47.7 Å². The van der Waals surface area contributed by atoms with Crippen LogP contribution in [0.5, 0.6) is 5.88 Å². The van der Waals surface area contributed by atoms with E-state index in [0.29, 0.717) is 0 Å². The fourth-order valence-corrected chi connectivity index (χ4v) is 3.46. The fourth-order valence-electron chi connectivity index (χ4n) is 3.46. The third kappa shape index (κ3) is 4.37. The molecule has 9 nitrogen and oxygen atoms in total. The number of nitrogens with zero attached hydrogens (tertiary/aromatic N) is 3. The van der Waals surface area contributed by atoms with Gasteiger partial charge >= 0.3 is 6.18 Å². The van der Waals surface area contributed by atoms with E-state index in [0.717, 1.165) is 18.5 Å². The standard InChI is InChI=1S/C19H16F5N5O4/c20-12-2-1-10(3-11(12)18-8-31-7-17(18,21)6-28-16(25)33-18)29-15(30)13-4-27-14(5-26-13)32-9-19(22,23)24/h1-5H,6-9H2,(H2,25,28)(H,29,30)/t17-,18-/m1/s1. The van der Waals surface area contributed by atoms with Gasteiger partial charge in [0.15, 0.2) is 12.3 Å². The number of aliphatic imine (C=N–C) groups is 1. The largest absolute Gasteiger partial charge is 0.467 e. The Labute approximate surface area is 182 Å². The van der Waals surface area contributed by atoms with Gasteiger partial charge in [-0.3, -0.25) is 4.79 Å². The first-order valence-electron chi connectivity index (χ1n) is 9.40. The summed E-state index contributed by atoms with van der Waals surface area (Å²) in [5.74, 6) is -2.05. The predicted molar refractivity (Wildman–Crippen MR) is 102 cm³/mol. The van der Waals surface area contributed by atoms with Crippen LogP contribution >= 0.6 is 0 Å². The van der Waals surface area contributed by atoms with Gasteiger partial charge in [-0.05, 0) is 18.2 Å². The predicted octanol–water partition coefficient (Wildman–Crippen LogP) is 2.09. The normalized spacial score (nSPS) is 24.5. The van der Waals surface area contributed by atoms with Gasteiger partial charge in [0.05, 0.1) is 32.2 Å². The van der Waals surface area contributed by atoms with Crippen LogP contribution in [-0.2, 0) is 15.1 Å². The number of carbonyl (C=O) groups is 1. The first-order valence-corrected chi connectivity index (χ1v) is 9.40. The van der Waals surface area contributed by atoms with Gasteiger partial charge in [0, 0.05) is 11.3 Å². The van der Waals surface area contributed by atoms with Crippen LogP contribution in [0.15, 0.2) is 35.6 Å². The minimum absolute atomic E-state index is 0.0592. The number of alkyl halides is 4. The number of benzene rings is 1. The fraction of sp³-hybridized carbons (Fsp3) is 0.368. The molecule has 0 spiro atoms. The molecule has 0 bridgehead atoms. The lowest BCUT2D eigenvalue weighted by Crippen LogP contribution is -2.57. The molecule has 1 saturated heterocycles. The van der Waals surface area contributed by atoms with E-state index in [2.05, 4.69) is 25.0 Å². The molecular formula is C19H16F5N5O4. The number of amides is 1. The van der Waals surface area contributed by atoms with Crippen LogP contribution in [0.2, 0.25) is 0 Å². The molecule has 2 aliphatic heterocycles. The average Bonchev–Trinajstić information content (AvgIpc) is 3.10. The maximum atomic E-state index is 15.5. The van der Waals surface area contributed by atoms with E-state index < -0.39 is 54.8 Å². The van der Waals surface area contributed by atoms with Crippen LogP contribution in [-0.4, -0.2) is 60.1 Å². The molecule has 1 fully saturated rings. The number of ether oxygens (including phenoxy) is 3. The summed E-state index contributed by atoms with van der Waals surface area (Å²) in [6.07, 6.45) is -2.80. The van der Waals surface area contributed by atoms with E-state index >= 15 is 4.39 Å². The molecular weight excluding hydrogens is 457 g/mol. The van der Waals surface area contributed by atoms with E-state index in [9.17, 15) is 22.4 Å². The van der Waals surface area contributed by atoms with E-state index in [1.807, 2.05) is 0 Å². The van der Waals surface area contributed by atoms with Crippen molar-refractivity contribution in [2.45, 2.75) is 17.4 Å². The van der Waals surface area contributed by atoms with Crippen LogP contribution in [0.1, 0.15) is 16.1 Å². The lowest BCUT2D eigenvalue weighted by molar-refractivity contribution is -0.154. The van der Waals surface area contributed by atoms with Crippen molar-refractivity contribution in [2.24, 2.45) is 10.7 Å². The minimum atomic E-state index is -4.56. The number of anilines is 1. The highest BCUT2D eigenvalue weighted by Crippen LogP contribution is 2.48. The van der Waals surface area contributed by atoms with E-state index in [1.54, 1.807) is 0 Å². The van der Waals surface area contributed by atoms with Crippen molar-refractivity contribution >= 4 is 17.6 Å². The number of carbonyl (C=O) groups excluding carboxylic acids is 1. The van der Waals surface area contributed by atoms with Crippen molar-refractivity contribution < 1.29 is 41.0 Å². The maximum absolute atomic E-state index is 15.5. The molecule has 2 atom stereocenters. The van der Waals surface area contributed by atoms with Gasteiger partial charge in [0.1, 0.15) is 11.5 Å². The lowest BCUT2D eigenvalue weighted by atomic mass is 9.80. The number of hydrogen-bond acceptors (Lipinski definition) is 8. The molecule has 1 amide bonds. The van der Waals surface area contributed by atoms with Gasteiger partial charge in [-0.25, -0.2) is 23.7 Å². The first-order chi connectivity index (χ1) is 15.5. The Hall–Kier alpha value is -3.55. The van der Waals surface area contributed by atoms with Gasteiger partial charge in [0.25, 0.3) is 11.9 Å². The number of hydrogen-bond donors (Lipinski definition) is 2. The summed E-state index contributed by atoms with van der Waals surface area (Å²) in [6, 6.07) is 3.06. The van der Waals surface area contributed by atoms with E-state index in [4.69, 9.17) is 15.2 Å². The highest BCUT2D eigenvalue weighted by Gasteiger charge is 2.64. The molecule has 2 aromatic rings. The van der Waals surface area contributed by atoms with E-state index in [1.165, 1.54) is 12.1 Å². The highest BCUT2D eigenvalue weighted by molar-refractivity contribution is 6.02. The van der Waals surface area contributed by atoms with Gasteiger partial charge in [-0.1, -0.05) is 0 Å². The number of nitrogens with two attached hydrogens (primary N) is 1. The third-order valence-electron chi connectivity index (χ3n) is 5.03. The molecule has 3 heterocycles. The van der Waals surface area contributed by atoms with Crippen molar-refractivity contribution in [1.82, 2.24) is 9.97 Å². The summed E-state index contributed by atoms with van der Waals surface area (Å²) in [5, 5.41) is 2.43. The molecule has 4 rings (SSSR count). The Balaban J connectivity index is 1.54. The second kappa shape index (κ2) is 8.10. The smallest absolute Gasteiger partial charge is 0.422 e. The zero-order valence-electron chi connectivity index (χ0n) is 16.7. The summed E-state index contributed by atoms with van der Waals surface area (Å²) in [5.41, 5.74) is 1.08. The number of halogens is 5. The summed E-state index contributed by atoms with van der Waals surface area (Å²) < 4.78 is 81.9. The molecule has 14 heteroatoms. The minimum Gasteiger partial charge on any atom is -0.467 e. The summed E-state index contributed by atoms with van der Waals surface area (Å²) in [7, 11) is 0. The van der Waals surface area contributed by atoms with Gasteiger partial charge < -0.3 is 25.3 Å². The van der Waals surface area contributed by atoms with Crippen LogP contribution in [0.3, 0.4) is 0 Å². The molecule has 3 N–H and O–H groups in total. The van der Waals surface area contributed by atoms with Crippen molar-refractivity contribution in [3.63, 3.8) is 0 Å². The molecule has 0 unspecified atom stereocenters. The number of rotatable bonds is 5. The van der Waals surface area contributed by atoms with Gasteiger partial charge in [-0.15, -0.1) is 0 Å². The Morgan fingerprint density at radius 3 is 2.73 bits per heavy atom. The Morgan fingerprint density at radius 1 is 1.24 bits per heavy atom. The van der Waals surface area contributed by atoms with E-state index in [-0.39, 0.29) is 29.6 Å². The van der Waals surface area contributed by atoms with Crippen molar-refractivity contribution in [3.8, 4) is 5.88 Å². The SMILES string of the molecule is NC1=NC[C@@]2(F)COC[C@]2(c2cc(NC(=O)c3cnc(OCC(F)(F)F)cn3)ccc2F)O1. The monoisotopic (exact) mass is 473 g/mol. The Bertz CT molecular complexity index is 1100. The zero-order valence-corrected chi connectivity index (χ0v) is 16.7. The van der Waals surface area contributed by atoms with Crippen LogP contribution in [0.4, 0.5) is 27.6 Å². The molecule has 1 aromatic heterocycles. The second-order valence-corrected chi connectivity index (χ2v) is 7.33. The Morgan fingerprint density at radius 2 is 2.03 bits per heavy atom. The number of aromatic nitrogens is 2. The molecule has 2 aliphatic rings. The highest BCUT2D eigenvalue weighted by atomic mass is 19.4. The second-order valence-electron chi connectivity index (χ2n) is 7.33. The molecule has 0 saturated carbocycles. The van der Waals surface area contributed by atoms with Crippen LogP contribution in [0, 0.1) is 5.82 Å². The van der Waals surface area contributed by atoms with Gasteiger partial charge in [0.2, 0.25) is 11.5 Å². The van der Waals surface area contributed by atoms with Crippen molar-refractivity contribution in [1.29, 1.82) is 0 Å². The molecule has 33 heavy (non-hydrogen) atoms. The average molecular weight is 473 g/mol. The lowest BCUT2D eigenvalue weighted by Gasteiger charge is -2.40.